The van der Waals surface area contributed by atoms with E-state index in [-0.39, 0.29) is 0 Å². The van der Waals surface area contributed by atoms with Gasteiger partial charge in [0.25, 0.3) is 0 Å². The van der Waals surface area contributed by atoms with Crippen LogP contribution in [0, 0.1) is 18.3 Å². The number of rotatable bonds is 3. The lowest BCUT2D eigenvalue weighted by Gasteiger charge is -2.07. The van der Waals surface area contributed by atoms with Crippen molar-refractivity contribution in [1.29, 1.82) is 5.26 Å². The van der Waals surface area contributed by atoms with Crippen LogP contribution in [0.1, 0.15) is 16.8 Å². The lowest BCUT2D eigenvalue weighted by Crippen LogP contribution is -2.05. The lowest BCUT2D eigenvalue weighted by molar-refractivity contribution is 0.738. The highest BCUT2D eigenvalue weighted by Crippen LogP contribution is 2.17. The Kier molecular flexibility index (Phi) is 3.15. The minimum atomic E-state index is 0.454. The molecule has 0 aromatic carbocycles. The minimum absolute atomic E-state index is 0.454. The Labute approximate surface area is 105 Å². The standard InChI is InChI=1S/C12H14N6/c1-8-10(7-17-18(8)2)6-16-12-11(14)3-9(4-13)5-15-12/h3,5,7H,6,14H2,1-2H3,(H,15,16). The molecule has 2 rings (SSSR count). The quantitative estimate of drug-likeness (QED) is 0.843. The predicted molar refractivity (Wildman–Crippen MR) is 68.6 cm³/mol. The molecule has 2 aromatic rings. The molecule has 0 atom stereocenters. The third kappa shape index (κ3) is 2.25. The highest BCUT2D eigenvalue weighted by atomic mass is 15.3. The molecule has 2 aromatic heterocycles. The fourth-order valence-corrected chi connectivity index (χ4v) is 1.59. The van der Waals surface area contributed by atoms with E-state index >= 15 is 0 Å². The zero-order valence-electron chi connectivity index (χ0n) is 10.3. The molecular formula is C12H14N6. The molecule has 3 N–H and O–H groups in total. The van der Waals surface area contributed by atoms with Crippen LogP contribution in [0.5, 0.6) is 0 Å². The molecule has 0 radical (unpaired) electrons. The summed E-state index contributed by atoms with van der Waals surface area (Å²) in [6.07, 6.45) is 3.30. The van der Waals surface area contributed by atoms with E-state index in [1.807, 2.05) is 30.9 Å². The molecule has 0 bridgehead atoms. The zero-order chi connectivity index (χ0) is 13.1. The molecule has 0 spiro atoms. The van der Waals surface area contributed by atoms with Gasteiger partial charge in [-0.25, -0.2) is 4.98 Å². The van der Waals surface area contributed by atoms with Crippen molar-refractivity contribution >= 4 is 11.5 Å². The van der Waals surface area contributed by atoms with Crippen LogP contribution in [-0.4, -0.2) is 14.8 Å². The molecular weight excluding hydrogens is 228 g/mol. The first-order chi connectivity index (χ1) is 8.61. The Morgan fingerprint density at radius 3 is 2.83 bits per heavy atom. The van der Waals surface area contributed by atoms with Crippen molar-refractivity contribution in [1.82, 2.24) is 14.8 Å². The normalized spacial score (nSPS) is 10.1. The summed E-state index contributed by atoms with van der Waals surface area (Å²) in [4.78, 5) is 4.11. The zero-order valence-corrected chi connectivity index (χ0v) is 10.3. The van der Waals surface area contributed by atoms with Crippen LogP contribution in [0.4, 0.5) is 11.5 Å². The molecule has 0 amide bonds. The first kappa shape index (κ1) is 11.9. The molecule has 0 unspecified atom stereocenters. The summed E-state index contributed by atoms with van der Waals surface area (Å²) in [5.41, 5.74) is 8.91. The van der Waals surface area contributed by atoms with Gasteiger partial charge in [-0.1, -0.05) is 0 Å². The molecule has 0 fully saturated rings. The molecule has 18 heavy (non-hydrogen) atoms. The number of nitrogens with one attached hydrogen (secondary N) is 1. The van der Waals surface area contributed by atoms with Gasteiger partial charge in [0, 0.05) is 31.0 Å². The average molecular weight is 242 g/mol. The van der Waals surface area contributed by atoms with Gasteiger partial charge in [0.15, 0.2) is 0 Å². The molecule has 2 heterocycles. The van der Waals surface area contributed by atoms with Crippen molar-refractivity contribution < 1.29 is 0 Å². The number of nitrogens with zero attached hydrogens (tertiary/aromatic N) is 4. The van der Waals surface area contributed by atoms with Gasteiger partial charge in [0.1, 0.15) is 11.9 Å². The van der Waals surface area contributed by atoms with E-state index in [1.54, 1.807) is 6.07 Å². The van der Waals surface area contributed by atoms with E-state index in [4.69, 9.17) is 11.0 Å². The monoisotopic (exact) mass is 242 g/mol. The highest BCUT2D eigenvalue weighted by Gasteiger charge is 2.06. The third-order valence-corrected chi connectivity index (χ3v) is 2.83. The summed E-state index contributed by atoms with van der Waals surface area (Å²) in [5, 5.41) is 16.0. The molecule has 0 aliphatic carbocycles. The lowest BCUT2D eigenvalue weighted by atomic mass is 10.2. The smallest absolute Gasteiger partial charge is 0.149 e. The van der Waals surface area contributed by atoms with E-state index in [0.29, 0.717) is 23.6 Å². The van der Waals surface area contributed by atoms with Gasteiger partial charge in [-0.3, -0.25) is 4.68 Å². The van der Waals surface area contributed by atoms with Gasteiger partial charge < -0.3 is 11.1 Å². The SMILES string of the molecule is Cc1c(CNc2ncc(C#N)cc2N)cnn1C. The van der Waals surface area contributed by atoms with Crippen molar-refractivity contribution in [2.45, 2.75) is 13.5 Å². The fourth-order valence-electron chi connectivity index (χ4n) is 1.59. The second-order valence-corrected chi connectivity index (χ2v) is 4.01. The second kappa shape index (κ2) is 4.75. The van der Waals surface area contributed by atoms with Gasteiger partial charge in [0.2, 0.25) is 0 Å². The van der Waals surface area contributed by atoms with Gasteiger partial charge in [-0.2, -0.15) is 10.4 Å². The molecule has 92 valence electrons. The molecule has 0 saturated carbocycles. The average Bonchev–Trinajstić information content (AvgIpc) is 2.68. The summed E-state index contributed by atoms with van der Waals surface area (Å²) < 4.78 is 1.81. The van der Waals surface area contributed by atoms with Gasteiger partial charge in [-0.05, 0) is 13.0 Å². The molecule has 6 heteroatoms. The molecule has 0 aliphatic rings. The maximum Gasteiger partial charge on any atom is 0.149 e. The Morgan fingerprint density at radius 2 is 2.28 bits per heavy atom. The summed E-state index contributed by atoms with van der Waals surface area (Å²) in [6, 6.07) is 3.60. The van der Waals surface area contributed by atoms with Crippen LogP contribution >= 0.6 is 0 Å². The predicted octanol–water partition coefficient (Wildman–Crippen LogP) is 1.19. The van der Waals surface area contributed by atoms with E-state index in [0.717, 1.165) is 11.3 Å². The maximum absolute atomic E-state index is 8.72. The number of anilines is 2. The van der Waals surface area contributed by atoms with Gasteiger partial charge >= 0.3 is 0 Å². The first-order valence-corrected chi connectivity index (χ1v) is 5.48. The molecule has 0 saturated heterocycles. The largest absolute Gasteiger partial charge is 0.396 e. The van der Waals surface area contributed by atoms with Gasteiger partial charge in [0.05, 0.1) is 17.4 Å². The number of nitrogen functional groups attached to an aromatic ring is 1. The minimum Gasteiger partial charge on any atom is -0.396 e. The summed E-state index contributed by atoms with van der Waals surface area (Å²) in [7, 11) is 1.90. The second-order valence-electron chi connectivity index (χ2n) is 4.01. The number of aryl methyl sites for hydroxylation is 1. The van der Waals surface area contributed by atoms with Gasteiger partial charge in [-0.15, -0.1) is 0 Å². The molecule has 0 aliphatic heterocycles. The Bertz CT molecular complexity index is 608. The van der Waals surface area contributed by atoms with Crippen LogP contribution in [0.2, 0.25) is 0 Å². The first-order valence-electron chi connectivity index (χ1n) is 5.48. The number of nitrogens with two attached hydrogens (primary N) is 1. The summed E-state index contributed by atoms with van der Waals surface area (Å²) >= 11 is 0. The summed E-state index contributed by atoms with van der Waals surface area (Å²) in [6.45, 7) is 2.60. The molecule has 6 nitrogen and oxygen atoms in total. The van der Waals surface area contributed by atoms with Crippen LogP contribution < -0.4 is 11.1 Å². The number of hydrogen-bond donors (Lipinski definition) is 2. The van der Waals surface area contributed by atoms with Crippen molar-refractivity contribution in [3.05, 3.63) is 35.3 Å². The maximum atomic E-state index is 8.72. The van der Waals surface area contributed by atoms with Crippen LogP contribution in [-0.2, 0) is 13.6 Å². The van der Waals surface area contributed by atoms with E-state index < -0.39 is 0 Å². The van der Waals surface area contributed by atoms with Crippen molar-refractivity contribution in [3.63, 3.8) is 0 Å². The topological polar surface area (TPSA) is 92.6 Å². The van der Waals surface area contributed by atoms with Crippen molar-refractivity contribution in [2.75, 3.05) is 11.1 Å². The van der Waals surface area contributed by atoms with Crippen molar-refractivity contribution in [2.24, 2.45) is 7.05 Å². The number of aromatic nitrogens is 3. The van der Waals surface area contributed by atoms with E-state index in [1.165, 1.54) is 6.20 Å². The number of nitriles is 1. The van der Waals surface area contributed by atoms with E-state index in [9.17, 15) is 0 Å². The fraction of sp³-hybridized carbons (Fsp3) is 0.250. The number of pyridine rings is 1. The van der Waals surface area contributed by atoms with Crippen LogP contribution in [0.15, 0.2) is 18.5 Å². The van der Waals surface area contributed by atoms with Crippen LogP contribution in [0.3, 0.4) is 0 Å². The Hall–Kier alpha value is -2.55. The van der Waals surface area contributed by atoms with E-state index in [2.05, 4.69) is 15.4 Å². The Balaban J connectivity index is 2.11. The summed E-state index contributed by atoms with van der Waals surface area (Å²) in [5.74, 6) is 0.581. The van der Waals surface area contributed by atoms with Crippen molar-refractivity contribution in [3.8, 4) is 6.07 Å². The number of hydrogen-bond acceptors (Lipinski definition) is 5. The highest BCUT2D eigenvalue weighted by molar-refractivity contribution is 5.63. The van der Waals surface area contributed by atoms with Crippen LogP contribution in [0.25, 0.3) is 0 Å². The Morgan fingerprint density at radius 1 is 1.50 bits per heavy atom. The third-order valence-electron chi connectivity index (χ3n) is 2.83.